The first-order valence-electron chi connectivity index (χ1n) is 4.26. The Bertz CT molecular complexity index is 217. The minimum atomic E-state index is -0.896. The molecule has 0 aliphatic rings. The molecule has 6 heteroatoms. The molecular formula is C8H14N2O4. The van der Waals surface area contributed by atoms with Crippen molar-refractivity contribution in [1.82, 2.24) is 10.6 Å². The highest BCUT2D eigenvalue weighted by molar-refractivity contribution is 5.76. The van der Waals surface area contributed by atoms with Crippen molar-refractivity contribution in [2.75, 3.05) is 6.54 Å². The van der Waals surface area contributed by atoms with Crippen molar-refractivity contribution in [3.63, 3.8) is 0 Å². The minimum absolute atomic E-state index is 0.00905. The quantitative estimate of drug-likeness (QED) is 0.517. The molecule has 0 spiro atoms. The van der Waals surface area contributed by atoms with Crippen molar-refractivity contribution in [2.24, 2.45) is 0 Å². The lowest BCUT2D eigenvalue weighted by Gasteiger charge is -2.12. The maximum Gasteiger partial charge on any atom is 0.315 e. The Morgan fingerprint density at radius 2 is 2.14 bits per heavy atom. The molecule has 1 unspecified atom stereocenters. The summed E-state index contributed by atoms with van der Waals surface area (Å²) < 4.78 is 0. The van der Waals surface area contributed by atoms with Crippen molar-refractivity contribution in [3.8, 4) is 0 Å². The number of amides is 2. The number of aliphatic carboxylic acids is 1. The Balaban J connectivity index is 3.59. The van der Waals surface area contributed by atoms with E-state index in [0.717, 1.165) is 0 Å². The van der Waals surface area contributed by atoms with Crippen LogP contribution in [0.3, 0.4) is 0 Å². The lowest BCUT2D eigenvalue weighted by molar-refractivity contribution is -0.137. The number of urea groups is 1. The molecule has 0 aromatic rings. The van der Waals surface area contributed by atoms with Gasteiger partial charge >= 0.3 is 12.0 Å². The van der Waals surface area contributed by atoms with Crippen molar-refractivity contribution in [3.05, 3.63) is 0 Å². The molecule has 0 aliphatic heterocycles. The molecule has 80 valence electrons. The molecule has 3 N–H and O–H groups in total. The van der Waals surface area contributed by atoms with Gasteiger partial charge in [0.25, 0.3) is 0 Å². The normalized spacial score (nSPS) is 11.5. The van der Waals surface area contributed by atoms with Crippen LogP contribution in [0.25, 0.3) is 0 Å². The number of aldehydes is 1. The molecule has 0 aromatic heterocycles. The van der Waals surface area contributed by atoms with E-state index in [0.29, 0.717) is 12.7 Å². The number of carbonyl (C=O) groups is 3. The van der Waals surface area contributed by atoms with Gasteiger partial charge in [0.2, 0.25) is 0 Å². The number of hydrogen-bond donors (Lipinski definition) is 3. The molecule has 0 saturated heterocycles. The summed E-state index contributed by atoms with van der Waals surface area (Å²) in [5.41, 5.74) is 0. The predicted molar refractivity (Wildman–Crippen MR) is 48.9 cm³/mol. The van der Waals surface area contributed by atoms with E-state index in [4.69, 9.17) is 5.11 Å². The Morgan fingerprint density at radius 3 is 2.64 bits per heavy atom. The summed E-state index contributed by atoms with van der Waals surface area (Å²) in [6.45, 7) is 1.65. The van der Waals surface area contributed by atoms with Crippen LogP contribution in [0.15, 0.2) is 0 Å². The van der Waals surface area contributed by atoms with Gasteiger partial charge in [-0.15, -0.1) is 0 Å². The van der Waals surface area contributed by atoms with Gasteiger partial charge in [-0.05, 0) is 13.3 Å². The van der Waals surface area contributed by atoms with Crippen LogP contribution in [0, 0.1) is 0 Å². The number of rotatable bonds is 6. The second-order valence-electron chi connectivity index (χ2n) is 2.85. The van der Waals surface area contributed by atoms with Crippen LogP contribution in [0.5, 0.6) is 0 Å². The second kappa shape index (κ2) is 6.88. The van der Waals surface area contributed by atoms with E-state index in [1.54, 1.807) is 6.92 Å². The van der Waals surface area contributed by atoms with E-state index in [1.165, 1.54) is 0 Å². The van der Waals surface area contributed by atoms with Crippen LogP contribution in [0.2, 0.25) is 0 Å². The largest absolute Gasteiger partial charge is 0.481 e. The van der Waals surface area contributed by atoms with Crippen LogP contribution in [0.1, 0.15) is 19.8 Å². The molecule has 0 rings (SSSR count). The molecule has 0 aliphatic carbocycles. The second-order valence-corrected chi connectivity index (χ2v) is 2.85. The lowest BCUT2D eigenvalue weighted by atomic mass is 10.2. The first kappa shape index (κ1) is 12.4. The van der Waals surface area contributed by atoms with E-state index in [-0.39, 0.29) is 19.0 Å². The summed E-state index contributed by atoms with van der Waals surface area (Å²) in [6.07, 6.45) is 0.945. The molecule has 0 fully saturated rings. The zero-order valence-corrected chi connectivity index (χ0v) is 7.95. The fourth-order valence-electron chi connectivity index (χ4n) is 0.821. The maximum atomic E-state index is 10.9. The zero-order chi connectivity index (χ0) is 11.0. The van der Waals surface area contributed by atoms with Crippen molar-refractivity contribution in [1.29, 1.82) is 0 Å². The third kappa shape index (κ3) is 7.08. The average molecular weight is 202 g/mol. The fraction of sp³-hybridized carbons (Fsp3) is 0.625. The number of nitrogens with one attached hydrogen (secondary N) is 2. The summed E-state index contributed by atoms with van der Waals surface area (Å²) in [4.78, 5) is 31.0. The standard InChI is InChI=1S/C8H14N2O4/c1-6(2-3-7(12)13)10-8(14)9-4-5-11/h5-6H,2-4H2,1H3,(H,12,13)(H2,9,10,14). The summed E-state index contributed by atoms with van der Waals surface area (Å²) in [5.74, 6) is -0.896. The van der Waals surface area contributed by atoms with Crippen LogP contribution < -0.4 is 10.6 Å². The molecule has 0 heterocycles. The van der Waals surface area contributed by atoms with Gasteiger partial charge < -0.3 is 20.5 Å². The monoisotopic (exact) mass is 202 g/mol. The van der Waals surface area contributed by atoms with Gasteiger partial charge in [0, 0.05) is 12.5 Å². The molecule has 0 radical (unpaired) electrons. The van der Waals surface area contributed by atoms with Crippen LogP contribution in [-0.2, 0) is 9.59 Å². The SMILES string of the molecule is CC(CCC(=O)O)NC(=O)NCC=O. The first-order chi connectivity index (χ1) is 6.56. The number of carboxylic acid groups (broad SMARTS) is 1. The lowest BCUT2D eigenvalue weighted by Crippen LogP contribution is -2.41. The zero-order valence-electron chi connectivity index (χ0n) is 7.95. The number of carboxylic acids is 1. The molecule has 6 nitrogen and oxygen atoms in total. The van der Waals surface area contributed by atoms with Crippen LogP contribution in [0.4, 0.5) is 4.79 Å². The first-order valence-corrected chi connectivity index (χ1v) is 4.26. The summed E-state index contributed by atoms with van der Waals surface area (Å²) >= 11 is 0. The van der Waals surface area contributed by atoms with Crippen molar-refractivity contribution < 1.29 is 19.5 Å². The maximum absolute atomic E-state index is 10.9. The Kier molecular flexibility index (Phi) is 6.09. The number of carbonyl (C=O) groups excluding carboxylic acids is 2. The van der Waals surface area contributed by atoms with Crippen LogP contribution >= 0.6 is 0 Å². The van der Waals surface area contributed by atoms with Crippen molar-refractivity contribution in [2.45, 2.75) is 25.8 Å². The van der Waals surface area contributed by atoms with E-state index in [9.17, 15) is 14.4 Å². The molecule has 1 atom stereocenters. The molecule has 0 bridgehead atoms. The van der Waals surface area contributed by atoms with Gasteiger partial charge in [-0.1, -0.05) is 0 Å². The van der Waals surface area contributed by atoms with Gasteiger partial charge in [0.05, 0.1) is 6.54 Å². The van der Waals surface area contributed by atoms with Gasteiger partial charge in [-0.2, -0.15) is 0 Å². The van der Waals surface area contributed by atoms with Gasteiger partial charge in [-0.3, -0.25) is 4.79 Å². The minimum Gasteiger partial charge on any atom is -0.481 e. The molecule has 2 amide bonds. The fourth-order valence-corrected chi connectivity index (χ4v) is 0.821. The Labute approximate surface area is 81.7 Å². The van der Waals surface area contributed by atoms with Gasteiger partial charge in [0.1, 0.15) is 6.29 Å². The predicted octanol–water partition coefficient (Wildman–Crippen LogP) is -0.262. The van der Waals surface area contributed by atoms with Crippen molar-refractivity contribution >= 4 is 18.3 Å². The van der Waals surface area contributed by atoms with E-state index < -0.39 is 12.0 Å². The smallest absolute Gasteiger partial charge is 0.315 e. The summed E-state index contributed by atoms with van der Waals surface area (Å²) in [6, 6.07) is -0.687. The van der Waals surface area contributed by atoms with E-state index in [1.807, 2.05) is 0 Å². The molecular weight excluding hydrogens is 188 g/mol. The Morgan fingerprint density at radius 1 is 1.50 bits per heavy atom. The Hall–Kier alpha value is -1.59. The molecule has 0 aromatic carbocycles. The highest BCUT2D eigenvalue weighted by Crippen LogP contribution is 1.95. The average Bonchev–Trinajstić information content (AvgIpc) is 2.11. The van der Waals surface area contributed by atoms with Gasteiger partial charge in [-0.25, -0.2) is 4.79 Å². The van der Waals surface area contributed by atoms with E-state index >= 15 is 0 Å². The number of hydrogen-bond acceptors (Lipinski definition) is 3. The topological polar surface area (TPSA) is 95.5 Å². The summed E-state index contributed by atoms with van der Waals surface area (Å²) in [7, 11) is 0. The molecule has 0 saturated carbocycles. The van der Waals surface area contributed by atoms with E-state index in [2.05, 4.69) is 10.6 Å². The highest BCUT2D eigenvalue weighted by Gasteiger charge is 2.07. The summed E-state index contributed by atoms with van der Waals surface area (Å²) in [5, 5.41) is 13.1. The third-order valence-electron chi connectivity index (χ3n) is 1.51. The third-order valence-corrected chi connectivity index (χ3v) is 1.51. The van der Waals surface area contributed by atoms with Crippen LogP contribution in [-0.4, -0.2) is 36.0 Å². The molecule has 14 heavy (non-hydrogen) atoms. The van der Waals surface area contributed by atoms with Gasteiger partial charge in [0.15, 0.2) is 0 Å². The highest BCUT2D eigenvalue weighted by atomic mass is 16.4.